The third kappa shape index (κ3) is 3.96. The highest BCUT2D eigenvalue weighted by Crippen LogP contribution is 2.32. The van der Waals surface area contributed by atoms with Crippen LogP contribution >= 0.6 is 0 Å². The van der Waals surface area contributed by atoms with Crippen molar-refractivity contribution in [3.05, 3.63) is 60.8 Å². The van der Waals surface area contributed by atoms with Gasteiger partial charge in [0.1, 0.15) is 5.82 Å². The highest BCUT2D eigenvalue weighted by molar-refractivity contribution is 6.08. The van der Waals surface area contributed by atoms with Gasteiger partial charge in [0.2, 0.25) is 11.8 Å². The molecule has 0 spiro atoms. The van der Waals surface area contributed by atoms with E-state index < -0.39 is 5.92 Å². The molecule has 3 aromatic rings. The molecule has 2 amide bonds. The molecule has 2 aliphatic rings. The standard InChI is InChI=1S/C24H24N4O3/c29-23-14-18(16-28(23)21-7-3-5-17-4-1-2-6-20(17)21)24(30)26-19-8-9-22(25-15-19)27-10-12-31-13-11-27/h1-9,15,18H,10-14,16H2,(H,26,30). The van der Waals surface area contributed by atoms with E-state index in [1.165, 1.54) is 0 Å². The van der Waals surface area contributed by atoms with Crippen LogP contribution in [0.4, 0.5) is 17.2 Å². The summed E-state index contributed by atoms with van der Waals surface area (Å²) in [5.41, 5.74) is 1.49. The lowest BCUT2D eigenvalue weighted by atomic mass is 10.1. The summed E-state index contributed by atoms with van der Waals surface area (Å²) in [5.74, 6) is 0.291. The first-order chi connectivity index (χ1) is 15.2. The Morgan fingerprint density at radius 2 is 1.84 bits per heavy atom. The predicted molar refractivity (Wildman–Crippen MR) is 120 cm³/mol. The van der Waals surface area contributed by atoms with E-state index in [1.807, 2.05) is 54.6 Å². The highest BCUT2D eigenvalue weighted by atomic mass is 16.5. The Kier molecular flexibility index (Phi) is 5.26. The fourth-order valence-electron chi connectivity index (χ4n) is 4.24. The molecule has 1 aromatic heterocycles. The van der Waals surface area contributed by atoms with Gasteiger partial charge >= 0.3 is 0 Å². The maximum atomic E-state index is 12.8. The molecule has 5 rings (SSSR count). The van der Waals surface area contributed by atoms with Gasteiger partial charge in [-0.05, 0) is 23.6 Å². The number of aromatic nitrogens is 1. The van der Waals surface area contributed by atoms with Crippen LogP contribution in [-0.4, -0.2) is 49.6 Å². The number of ether oxygens (including phenoxy) is 1. The van der Waals surface area contributed by atoms with Gasteiger partial charge in [0.05, 0.1) is 36.7 Å². The normalized spacial score (nSPS) is 19.1. The molecule has 1 unspecified atom stereocenters. The maximum Gasteiger partial charge on any atom is 0.229 e. The van der Waals surface area contributed by atoms with Crippen LogP contribution in [-0.2, 0) is 14.3 Å². The third-order valence-corrected chi connectivity index (χ3v) is 5.90. The van der Waals surface area contributed by atoms with Crippen molar-refractivity contribution < 1.29 is 14.3 Å². The van der Waals surface area contributed by atoms with Gasteiger partial charge in [-0.1, -0.05) is 36.4 Å². The molecule has 1 N–H and O–H groups in total. The number of hydrogen-bond acceptors (Lipinski definition) is 5. The number of amides is 2. The fourth-order valence-corrected chi connectivity index (χ4v) is 4.24. The SMILES string of the molecule is O=C(Nc1ccc(N2CCOCC2)nc1)C1CC(=O)N(c2cccc3ccccc23)C1. The maximum absolute atomic E-state index is 12.8. The third-order valence-electron chi connectivity index (χ3n) is 5.90. The van der Waals surface area contributed by atoms with Crippen LogP contribution in [0.2, 0.25) is 0 Å². The quantitative estimate of drug-likeness (QED) is 0.708. The molecule has 0 aliphatic carbocycles. The Labute approximate surface area is 180 Å². The van der Waals surface area contributed by atoms with E-state index in [1.54, 1.807) is 11.1 Å². The molecule has 7 nitrogen and oxygen atoms in total. The Morgan fingerprint density at radius 3 is 2.65 bits per heavy atom. The Hall–Kier alpha value is -3.45. The van der Waals surface area contributed by atoms with Gasteiger partial charge in [0, 0.05) is 31.4 Å². The molecular formula is C24H24N4O3. The minimum absolute atomic E-state index is 0.0303. The van der Waals surface area contributed by atoms with Crippen LogP contribution in [0.5, 0.6) is 0 Å². The van der Waals surface area contributed by atoms with Crippen LogP contribution in [0.3, 0.4) is 0 Å². The zero-order chi connectivity index (χ0) is 21.2. The van der Waals surface area contributed by atoms with E-state index >= 15 is 0 Å². The Morgan fingerprint density at radius 1 is 1.03 bits per heavy atom. The number of anilines is 3. The Balaban J connectivity index is 1.27. The fraction of sp³-hybridized carbons (Fsp3) is 0.292. The smallest absolute Gasteiger partial charge is 0.229 e. The lowest BCUT2D eigenvalue weighted by Crippen LogP contribution is -2.36. The molecule has 1 atom stereocenters. The Bertz CT molecular complexity index is 1100. The molecule has 2 saturated heterocycles. The van der Waals surface area contributed by atoms with Gasteiger partial charge in [-0.15, -0.1) is 0 Å². The van der Waals surface area contributed by atoms with Crippen LogP contribution in [0.25, 0.3) is 10.8 Å². The second-order valence-corrected chi connectivity index (χ2v) is 7.90. The zero-order valence-corrected chi connectivity index (χ0v) is 17.2. The second kappa shape index (κ2) is 8.35. The monoisotopic (exact) mass is 416 g/mol. The minimum Gasteiger partial charge on any atom is -0.378 e. The van der Waals surface area contributed by atoms with Gasteiger partial charge in [0.15, 0.2) is 0 Å². The average Bonchev–Trinajstić information content (AvgIpc) is 3.21. The van der Waals surface area contributed by atoms with E-state index in [4.69, 9.17) is 4.74 Å². The summed E-state index contributed by atoms with van der Waals surface area (Å²) in [4.78, 5) is 33.9. The first-order valence-corrected chi connectivity index (χ1v) is 10.6. The second-order valence-electron chi connectivity index (χ2n) is 7.90. The number of nitrogens with zero attached hydrogens (tertiary/aromatic N) is 3. The minimum atomic E-state index is -0.398. The van der Waals surface area contributed by atoms with E-state index in [9.17, 15) is 9.59 Å². The summed E-state index contributed by atoms with van der Waals surface area (Å²) in [5, 5.41) is 5.01. The van der Waals surface area contributed by atoms with Gasteiger partial charge in [0.25, 0.3) is 0 Å². The summed E-state index contributed by atoms with van der Waals surface area (Å²) in [6.45, 7) is 3.39. The summed E-state index contributed by atoms with van der Waals surface area (Å²) < 4.78 is 5.37. The molecule has 2 fully saturated rings. The van der Waals surface area contributed by atoms with Crippen molar-refractivity contribution >= 4 is 39.8 Å². The molecule has 7 heteroatoms. The molecule has 0 radical (unpaired) electrons. The largest absolute Gasteiger partial charge is 0.378 e. The number of carbonyl (C=O) groups is 2. The van der Waals surface area contributed by atoms with Gasteiger partial charge in [-0.25, -0.2) is 4.98 Å². The molecule has 0 bridgehead atoms. The van der Waals surface area contributed by atoms with E-state index in [0.29, 0.717) is 25.4 Å². The van der Waals surface area contributed by atoms with Crippen molar-refractivity contribution in [3.8, 4) is 0 Å². The first kappa shape index (κ1) is 19.5. The number of rotatable bonds is 4. The van der Waals surface area contributed by atoms with Crippen molar-refractivity contribution in [2.45, 2.75) is 6.42 Å². The molecule has 31 heavy (non-hydrogen) atoms. The van der Waals surface area contributed by atoms with Gasteiger partial charge in [-0.3, -0.25) is 9.59 Å². The number of pyridine rings is 1. The molecule has 2 aliphatic heterocycles. The lowest BCUT2D eigenvalue weighted by molar-refractivity contribution is -0.122. The summed E-state index contributed by atoms with van der Waals surface area (Å²) in [6.07, 6.45) is 1.87. The van der Waals surface area contributed by atoms with Gasteiger partial charge < -0.3 is 19.9 Å². The average molecular weight is 416 g/mol. The highest BCUT2D eigenvalue weighted by Gasteiger charge is 2.35. The van der Waals surface area contributed by atoms with Crippen molar-refractivity contribution in [3.63, 3.8) is 0 Å². The van der Waals surface area contributed by atoms with Crippen LogP contribution < -0.4 is 15.1 Å². The number of hydrogen-bond donors (Lipinski definition) is 1. The van der Waals surface area contributed by atoms with E-state index in [0.717, 1.165) is 35.4 Å². The number of fused-ring (bicyclic) bond motifs is 1. The van der Waals surface area contributed by atoms with Crippen LogP contribution in [0.1, 0.15) is 6.42 Å². The van der Waals surface area contributed by atoms with Gasteiger partial charge in [-0.2, -0.15) is 0 Å². The van der Waals surface area contributed by atoms with Crippen LogP contribution in [0, 0.1) is 5.92 Å². The van der Waals surface area contributed by atoms with Crippen molar-refractivity contribution in [1.29, 1.82) is 0 Å². The van der Waals surface area contributed by atoms with E-state index in [-0.39, 0.29) is 18.2 Å². The summed E-state index contributed by atoms with van der Waals surface area (Å²) >= 11 is 0. The van der Waals surface area contributed by atoms with Crippen molar-refractivity contribution in [2.75, 3.05) is 48.0 Å². The molecule has 3 heterocycles. The molecule has 0 saturated carbocycles. The molecule has 158 valence electrons. The summed E-state index contributed by atoms with van der Waals surface area (Å²) in [6, 6.07) is 17.6. The molecular weight excluding hydrogens is 392 g/mol. The first-order valence-electron chi connectivity index (χ1n) is 10.6. The zero-order valence-electron chi connectivity index (χ0n) is 17.2. The number of benzene rings is 2. The number of morpholine rings is 1. The van der Waals surface area contributed by atoms with E-state index in [2.05, 4.69) is 15.2 Å². The predicted octanol–water partition coefficient (Wildman–Crippen LogP) is 3.06. The topological polar surface area (TPSA) is 74.8 Å². The molecule has 2 aromatic carbocycles. The number of carbonyl (C=O) groups excluding carboxylic acids is 2. The summed E-state index contributed by atoms with van der Waals surface area (Å²) in [7, 11) is 0. The van der Waals surface area contributed by atoms with Crippen molar-refractivity contribution in [1.82, 2.24) is 4.98 Å². The van der Waals surface area contributed by atoms with Crippen molar-refractivity contribution in [2.24, 2.45) is 5.92 Å². The lowest BCUT2D eigenvalue weighted by Gasteiger charge is -2.27. The van der Waals surface area contributed by atoms with Crippen LogP contribution in [0.15, 0.2) is 60.8 Å². The number of nitrogens with one attached hydrogen (secondary N) is 1.